The Hall–Kier alpha value is -0.780. The highest BCUT2D eigenvalue weighted by molar-refractivity contribution is 9.10. The van der Waals surface area contributed by atoms with E-state index >= 15 is 0 Å². The van der Waals surface area contributed by atoms with Crippen LogP contribution in [0.1, 0.15) is 11.3 Å². The van der Waals surface area contributed by atoms with E-state index in [1.807, 2.05) is 23.3 Å². The molecule has 0 aliphatic heterocycles. The molecule has 3 rings (SSSR count). The highest BCUT2D eigenvalue weighted by Crippen LogP contribution is 2.28. The Kier molecular flexibility index (Phi) is 3.46. The van der Waals surface area contributed by atoms with Crippen molar-refractivity contribution >= 4 is 44.0 Å². The van der Waals surface area contributed by atoms with Crippen molar-refractivity contribution < 1.29 is 0 Å². The average Bonchev–Trinajstić information content (AvgIpc) is 2.93. The lowest BCUT2D eigenvalue weighted by molar-refractivity contribution is 1.16. The van der Waals surface area contributed by atoms with Crippen LogP contribution in [0.3, 0.4) is 0 Å². The Morgan fingerprint density at radius 3 is 2.83 bits per heavy atom. The van der Waals surface area contributed by atoms with Crippen molar-refractivity contribution in [3.63, 3.8) is 0 Å². The first kappa shape index (κ1) is 12.3. The third-order valence-corrected chi connectivity index (χ3v) is 5.29. The van der Waals surface area contributed by atoms with Crippen molar-refractivity contribution in [3.8, 4) is 0 Å². The predicted octanol–water partition coefficient (Wildman–Crippen LogP) is 4.76. The summed E-state index contributed by atoms with van der Waals surface area (Å²) in [5.41, 5.74) is 2.40. The van der Waals surface area contributed by atoms with Gasteiger partial charge in [-0.2, -0.15) is 0 Å². The number of halogens is 1. The number of hydrogen-bond donors (Lipinski definition) is 0. The zero-order valence-corrected chi connectivity index (χ0v) is 13.0. The number of nitrogens with zero attached hydrogens (tertiary/aromatic N) is 2. The van der Waals surface area contributed by atoms with Crippen molar-refractivity contribution in [2.45, 2.75) is 17.6 Å². The van der Waals surface area contributed by atoms with Gasteiger partial charge in [0.15, 0.2) is 4.96 Å². The molecular formula is C13H11BrN2S2. The highest BCUT2D eigenvalue weighted by atomic mass is 79.9. The van der Waals surface area contributed by atoms with Crippen molar-refractivity contribution in [1.82, 2.24) is 9.38 Å². The minimum absolute atomic E-state index is 0.887. The standard InChI is InChI=1S/C13H11BrN2S2/c1-9-2-4-10(5-3-9)18-8-11-12(14)16-6-7-17-13(16)15-11/h2-7H,8H2,1H3. The second-order valence-electron chi connectivity index (χ2n) is 4.01. The quantitative estimate of drug-likeness (QED) is 0.640. The number of aromatic nitrogens is 2. The molecule has 0 spiro atoms. The van der Waals surface area contributed by atoms with Crippen LogP contribution in [-0.2, 0) is 5.75 Å². The van der Waals surface area contributed by atoms with Crippen molar-refractivity contribution in [2.75, 3.05) is 0 Å². The molecule has 2 heterocycles. The van der Waals surface area contributed by atoms with Crippen LogP contribution in [0.4, 0.5) is 0 Å². The van der Waals surface area contributed by atoms with Gasteiger partial charge < -0.3 is 0 Å². The fourth-order valence-corrected chi connectivity index (χ4v) is 4.07. The molecule has 0 N–H and O–H groups in total. The Balaban J connectivity index is 1.78. The van der Waals surface area contributed by atoms with Gasteiger partial charge in [0.2, 0.25) is 0 Å². The van der Waals surface area contributed by atoms with E-state index in [0.717, 1.165) is 21.0 Å². The van der Waals surface area contributed by atoms with Gasteiger partial charge in [-0.15, -0.1) is 23.1 Å². The summed E-state index contributed by atoms with van der Waals surface area (Å²) in [5.74, 6) is 0.887. The van der Waals surface area contributed by atoms with Gasteiger partial charge in [0.1, 0.15) is 4.60 Å². The molecule has 0 saturated heterocycles. The fraction of sp³-hybridized carbons (Fsp3) is 0.154. The van der Waals surface area contributed by atoms with Crippen LogP contribution in [0.15, 0.2) is 45.3 Å². The summed E-state index contributed by atoms with van der Waals surface area (Å²) >= 11 is 7.08. The molecule has 0 bridgehead atoms. The van der Waals surface area contributed by atoms with Crippen molar-refractivity contribution in [3.05, 3.63) is 51.7 Å². The van der Waals surface area contributed by atoms with Crippen LogP contribution in [0.5, 0.6) is 0 Å². The van der Waals surface area contributed by atoms with E-state index in [2.05, 4.69) is 56.5 Å². The van der Waals surface area contributed by atoms with Crippen LogP contribution < -0.4 is 0 Å². The van der Waals surface area contributed by atoms with Crippen LogP contribution in [0.2, 0.25) is 0 Å². The Morgan fingerprint density at radius 2 is 2.11 bits per heavy atom. The molecule has 0 radical (unpaired) electrons. The lowest BCUT2D eigenvalue weighted by Crippen LogP contribution is -1.83. The van der Waals surface area contributed by atoms with E-state index in [0.29, 0.717) is 0 Å². The number of thiazole rings is 1. The number of benzene rings is 1. The molecule has 2 aromatic heterocycles. The number of thioether (sulfide) groups is 1. The maximum absolute atomic E-state index is 4.62. The van der Waals surface area contributed by atoms with Gasteiger partial charge in [0.05, 0.1) is 5.69 Å². The number of aryl methyl sites for hydroxylation is 1. The van der Waals surface area contributed by atoms with Crippen molar-refractivity contribution in [1.29, 1.82) is 0 Å². The summed E-state index contributed by atoms with van der Waals surface area (Å²) in [6.45, 7) is 2.11. The van der Waals surface area contributed by atoms with Crippen LogP contribution in [0, 0.1) is 6.92 Å². The molecule has 5 heteroatoms. The molecule has 0 amide bonds. The summed E-state index contributed by atoms with van der Waals surface area (Å²) in [7, 11) is 0. The SMILES string of the molecule is Cc1ccc(SCc2nc3sccn3c2Br)cc1. The zero-order chi connectivity index (χ0) is 12.5. The van der Waals surface area contributed by atoms with E-state index in [1.54, 1.807) is 11.3 Å². The highest BCUT2D eigenvalue weighted by Gasteiger charge is 2.10. The lowest BCUT2D eigenvalue weighted by Gasteiger charge is -2.00. The molecule has 0 fully saturated rings. The first-order chi connectivity index (χ1) is 8.74. The topological polar surface area (TPSA) is 17.3 Å². The molecule has 0 saturated carbocycles. The summed E-state index contributed by atoms with van der Waals surface area (Å²) < 4.78 is 3.15. The maximum atomic E-state index is 4.62. The third kappa shape index (κ3) is 2.35. The molecule has 0 atom stereocenters. The summed E-state index contributed by atoms with van der Waals surface area (Å²) in [4.78, 5) is 6.94. The average molecular weight is 339 g/mol. The largest absolute Gasteiger partial charge is 0.284 e. The fourth-order valence-electron chi connectivity index (χ4n) is 1.68. The molecule has 0 aliphatic carbocycles. The van der Waals surface area contributed by atoms with Gasteiger partial charge in [0, 0.05) is 22.2 Å². The smallest absolute Gasteiger partial charge is 0.194 e. The van der Waals surface area contributed by atoms with Gasteiger partial charge in [-0.25, -0.2) is 4.98 Å². The van der Waals surface area contributed by atoms with E-state index in [4.69, 9.17) is 0 Å². The second-order valence-corrected chi connectivity index (χ2v) is 6.68. The van der Waals surface area contributed by atoms with Gasteiger partial charge in [-0.3, -0.25) is 4.40 Å². The number of hydrogen-bond acceptors (Lipinski definition) is 3. The van der Waals surface area contributed by atoms with Crippen molar-refractivity contribution in [2.24, 2.45) is 0 Å². The molecular weight excluding hydrogens is 328 g/mol. The number of fused-ring (bicyclic) bond motifs is 1. The molecule has 92 valence electrons. The first-order valence-electron chi connectivity index (χ1n) is 5.53. The maximum Gasteiger partial charge on any atom is 0.194 e. The molecule has 3 aromatic rings. The lowest BCUT2D eigenvalue weighted by atomic mass is 10.2. The van der Waals surface area contributed by atoms with Gasteiger partial charge >= 0.3 is 0 Å². The first-order valence-corrected chi connectivity index (χ1v) is 8.19. The molecule has 2 nitrogen and oxygen atoms in total. The summed E-state index contributed by atoms with van der Waals surface area (Å²) in [5, 5.41) is 2.05. The van der Waals surface area contributed by atoms with Gasteiger partial charge in [-0.1, -0.05) is 17.7 Å². The third-order valence-electron chi connectivity index (χ3n) is 2.67. The van der Waals surface area contributed by atoms with E-state index in [9.17, 15) is 0 Å². The second kappa shape index (κ2) is 5.07. The molecule has 0 unspecified atom stereocenters. The Bertz CT molecular complexity index is 670. The minimum atomic E-state index is 0.887. The van der Waals surface area contributed by atoms with Gasteiger partial charge in [0.25, 0.3) is 0 Å². The zero-order valence-electron chi connectivity index (χ0n) is 9.76. The normalized spacial score (nSPS) is 11.2. The van der Waals surface area contributed by atoms with E-state index in [1.165, 1.54) is 10.5 Å². The van der Waals surface area contributed by atoms with Crippen LogP contribution in [0.25, 0.3) is 4.96 Å². The summed E-state index contributed by atoms with van der Waals surface area (Å²) in [6.07, 6.45) is 2.04. The molecule has 1 aromatic carbocycles. The number of rotatable bonds is 3. The number of imidazole rings is 1. The van der Waals surface area contributed by atoms with Crippen LogP contribution >= 0.6 is 39.0 Å². The monoisotopic (exact) mass is 338 g/mol. The van der Waals surface area contributed by atoms with Gasteiger partial charge in [-0.05, 0) is 35.0 Å². The van der Waals surface area contributed by atoms with E-state index < -0.39 is 0 Å². The van der Waals surface area contributed by atoms with E-state index in [-0.39, 0.29) is 0 Å². The summed E-state index contributed by atoms with van der Waals surface area (Å²) in [6, 6.07) is 8.60. The minimum Gasteiger partial charge on any atom is -0.284 e. The van der Waals surface area contributed by atoms with Crippen LogP contribution in [-0.4, -0.2) is 9.38 Å². The Labute approximate surface area is 122 Å². The molecule has 18 heavy (non-hydrogen) atoms. The predicted molar refractivity (Wildman–Crippen MR) is 81.5 cm³/mol. The Morgan fingerprint density at radius 1 is 1.33 bits per heavy atom. The molecule has 0 aliphatic rings.